The Morgan fingerprint density at radius 2 is 1.73 bits per heavy atom. The van der Waals surface area contributed by atoms with Gasteiger partial charge in [-0.25, -0.2) is 0 Å². The Labute approximate surface area is 73.4 Å². The molecule has 1 rings (SSSR count). The maximum atomic E-state index is 2.55. The summed E-state index contributed by atoms with van der Waals surface area (Å²) in [7, 11) is -0.385. The molecule has 0 aromatic heterocycles. The van der Waals surface area contributed by atoms with Gasteiger partial charge >= 0.3 is 0 Å². The smallest absolute Gasteiger partial charge is 0.0726 e. The predicted octanol–water partition coefficient (Wildman–Crippen LogP) is 3.88. The minimum Gasteiger partial charge on any atom is -0.113 e. The van der Waals surface area contributed by atoms with E-state index in [9.17, 15) is 0 Å². The molecule has 1 heterocycles. The molecular formula is C9H21PSi. The van der Waals surface area contributed by atoms with Gasteiger partial charge in [-0.15, -0.1) is 7.47 Å². The van der Waals surface area contributed by atoms with Crippen molar-refractivity contribution in [1.82, 2.24) is 0 Å². The highest BCUT2D eigenvalue weighted by atomic mass is 31.4. The summed E-state index contributed by atoms with van der Waals surface area (Å²) in [5.74, 6) is 0. The molecule has 0 spiro atoms. The quantitative estimate of drug-likeness (QED) is 0.433. The van der Waals surface area contributed by atoms with Crippen molar-refractivity contribution >= 4 is 15.2 Å². The Hall–Kier alpha value is 0.647. The molecule has 66 valence electrons. The molecule has 0 aromatic rings. The zero-order valence-corrected chi connectivity index (χ0v) is 10.5. The lowest BCUT2D eigenvalue weighted by Crippen LogP contribution is -2.27. The van der Waals surface area contributed by atoms with Crippen molar-refractivity contribution < 1.29 is 0 Å². The van der Waals surface area contributed by atoms with Gasteiger partial charge in [0.05, 0.1) is 7.74 Å². The summed E-state index contributed by atoms with van der Waals surface area (Å²) in [6, 6.07) is 0. The van der Waals surface area contributed by atoms with Gasteiger partial charge in [-0.1, -0.05) is 33.5 Å². The van der Waals surface area contributed by atoms with Crippen LogP contribution in [0, 0.1) is 0 Å². The number of hydrogen-bond donors (Lipinski definition) is 0. The molecule has 0 N–H and O–H groups in total. The van der Waals surface area contributed by atoms with E-state index in [-0.39, 0.29) is 0 Å². The SMILES string of the molecule is CC1(C)CCCP1[Si](C)(C)C. The maximum Gasteiger partial charge on any atom is 0.0726 e. The van der Waals surface area contributed by atoms with Gasteiger partial charge in [0.15, 0.2) is 0 Å². The summed E-state index contributed by atoms with van der Waals surface area (Å²) in [6.45, 7) is 12.6. The lowest BCUT2D eigenvalue weighted by atomic mass is 10.1. The van der Waals surface area contributed by atoms with Gasteiger partial charge in [0.25, 0.3) is 0 Å². The number of hydrogen-bond acceptors (Lipinski definition) is 0. The molecular weight excluding hydrogens is 167 g/mol. The minimum absolute atomic E-state index is 0.409. The molecule has 0 aromatic carbocycles. The maximum absolute atomic E-state index is 2.55. The Balaban J connectivity index is 2.73. The highest BCUT2D eigenvalue weighted by molar-refractivity contribution is 7.95. The van der Waals surface area contributed by atoms with Crippen molar-refractivity contribution in [2.45, 2.75) is 51.5 Å². The monoisotopic (exact) mass is 188 g/mol. The van der Waals surface area contributed by atoms with Crippen molar-refractivity contribution in [1.29, 1.82) is 0 Å². The third-order valence-corrected chi connectivity index (χ3v) is 14.1. The van der Waals surface area contributed by atoms with E-state index >= 15 is 0 Å². The fraction of sp³-hybridized carbons (Fsp3) is 1.00. The first-order chi connectivity index (χ1) is 4.84. The van der Waals surface area contributed by atoms with Crippen molar-refractivity contribution in [2.24, 2.45) is 0 Å². The Morgan fingerprint density at radius 1 is 1.18 bits per heavy atom. The van der Waals surface area contributed by atoms with Crippen molar-refractivity contribution in [3.05, 3.63) is 0 Å². The molecule has 11 heavy (non-hydrogen) atoms. The van der Waals surface area contributed by atoms with E-state index in [0.29, 0.717) is 7.47 Å². The van der Waals surface area contributed by atoms with E-state index in [1.165, 1.54) is 12.8 Å². The Morgan fingerprint density at radius 3 is 1.91 bits per heavy atom. The van der Waals surface area contributed by atoms with Crippen LogP contribution in [-0.4, -0.2) is 19.1 Å². The summed E-state index contributed by atoms with van der Waals surface area (Å²) < 4.78 is 0. The molecule has 0 aliphatic carbocycles. The molecule has 1 atom stereocenters. The molecule has 0 radical (unpaired) electrons. The van der Waals surface area contributed by atoms with Gasteiger partial charge in [-0.2, -0.15) is 0 Å². The van der Waals surface area contributed by atoms with Gasteiger partial charge in [0.2, 0.25) is 0 Å². The van der Waals surface area contributed by atoms with Crippen LogP contribution in [0.25, 0.3) is 0 Å². The first-order valence-electron chi connectivity index (χ1n) is 4.62. The fourth-order valence-electron chi connectivity index (χ4n) is 2.35. The lowest BCUT2D eigenvalue weighted by Gasteiger charge is -2.37. The third kappa shape index (κ3) is 2.06. The van der Waals surface area contributed by atoms with Crippen LogP contribution in [0.1, 0.15) is 26.7 Å². The molecule has 0 nitrogen and oxygen atoms in total. The first kappa shape index (κ1) is 9.73. The average molecular weight is 188 g/mol. The van der Waals surface area contributed by atoms with Gasteiger partial charge in [-0.05, 0) is 24.2 Å². The molecule has 0 saturated carbocycles. The highest BCUT2D eigenvalue weighted by Crippen LogP contribution is 2.63. The molecule has 1 aliphatic rings. The lowest BCUT2D eigenvalue weighted by molar-refractivity contribution is 0.660. The van der Waals surface area contributed by atoms with Crippen LogP contribution in [0.5, 0.6) is 0 Å². The summed E-state index contributed by atoms with van der Waals surface area (Å²) >= 11 is 0. The largest absolute Gasteiger partial charge is 0.113 e. The van der Waals surface area contributed by atoms with E-state index in [2.05, 4.69) is 33.5 Å². The second-order valence-electron chi connectivity index (χ2n) is 5.24. The Kier molecular flexibility index (Phi) is 2.52. The molecule has 1 fully saturated rings. The van der Waals surface area contributed by atoms with Crippen molar-refractivity contribution in [2.75, 3.05) is 6.16 Å². The van der Waals surface area contributed by atoms with Crippen molar-refractivity contribution in [3.63, 3.8) is 0 Å². The van der Waals surface area contributed by atoms with E-state index in [1.54, 1.807) is 6.16 Å². The van der Waals surface area contributed by atoms with Crippen LogP contribution in [0.4, 0.5) is 0 Å². The van der Waals surface area contributed by atoms with Crippen molar-refractivity contribution in [3.8, 4) is 0 Å². The van der Waals surface area contributed by atoms with E-state index < -0.39 is 7.74 Å². The van der Waals surface area contributed by atoms with Crippen LogP contribution in [0.2, 0.25) is 19.6 Å². The summed E-state index contributed by atoms with van der Waals surface area (Å²) in [6.07, 6.45) is 4.56. The van der Waals surface area contributed by atoms with Gasteiger partial charge in [-0.3, -0.25) is 0 Å². The third-order valence-electron chi connectivity index (χ3n) is 2.71. The predicted molar refractivity (Wildman–Crippen MR) is 58.4 cm³/mol. The normalized spacial score (nSPS) is 30.8. The zero-order chi connectivity index (χ0) is 8.70. The molecule has 1 aliphatic heterocycles. The topological polar surface area (TPSA) is 0 Å². The van der Waals surface area contributed by atoms with Crippen LogP contribution >= 0.6 is 7.47 Å². The van der Waals surface area contributed by atoms with E-state index in [0.717, 1.165) is 5.16 Å². The molecule has 0 amide bonds. The standard InChI is InChI=1S/C9H21PSi/c1-9(2)7-6-8-10(9)11(3,4)5/h6-8H2,1-5H3. The Bertz CT molecular complexity index is 146. The van der Waals surface area contributed by atoms with E-state index in [1.807, 2.05) is 0 Å². The molecule has 1 unspecified atom stereocenters. The van der Waals surface area contributed by atoms with Crippen LogP contribution < -0.4 is 0 Å². The van der Waals surface area contributed by atoms with Crippen LogP contribution in [0.3, 0.4) is 0 Å². The zero-order valence-electron chi connectivity index (χ0n) is 8.57. The van der Waals surface area contributed by atoms with Crippen LogP contribution in [0.15, 0.2) is 0 Å². The van der Waals surface area contributed by atoms with Gasteiger partial charge in [0, 0.05) is 0 Å². The summed E-state index contributed by atoms with van der Waals surface area (Å²) in [4.78, 5) is 0. The minimum atomic E-state index is -0.795. The van der Waals surface area contributed by atoms with Gasteiger partial charge < -0.3 is 0 Å². The second-order valence-corrected chi connectivity index (χ2v) is 17.7. The number of rotatable bonds is 1. The van der Waals surface area contributed by atoms with Gasteiger partial charge in [0.1, 0.15) is 0 Å². The van der Waals surface area contributed by atoms with E-state index in [4.69, 9.17) is 0 Å². The molecule has 0 bridgehead atoms. The first-order valence-corrected chi connectivity index (χ1v) is 10.5. The van der Waals surface area contributed by atoms with Crippen LogP contribution in [-0.2, 0) is 0 Å². The molecule has 2 heteroatoms. The summed E-state index contributed by atoms with van der Waals surface area (Å²) in [5.41, 5.74) is 0. The second kappa shape index (κ2) is 2.85. The highest BCUT2D eigenvalue weighted by Gasteiger charge is 2.41. The average Bonchev–Trinajstić information content (AvgIpc) is 2.06. The summed E-state index contributed by atoms with van der Waals surface area (Å²) in [5, 5.41) is 0.722. The fourth-order valence-corrected chi connectivity index (χ4v) is 14.6. The molecule has 1 saturated heterocycles.